The third-order valence-electron chi connectivity index (χ3n) is 6.27. The Kier molecular flexibility index (Phi) is 5.94. The lowest BCUT2D eigenvalue weighted by Crippen LogP contribution is -2.31. The highest BCUT2D eigenvalue weighted by molar-refractivity contribution is 6.31. The second-order valence-corrected chi connectivity index (χ2v) is 8.77. The third kappa shape index (κ3) is 3.78. The van der Waals surface area contributed by atoms with Crippen molar-refractivity contribution in [3.63, 3.8) is 0 Å². The first-order chi connectivity index (χ1) is 17.3. The van der Waals surface area contributed by atoms with E-state index in [1.165, 1.54) is 12.0 Å². The zero-order valence-corrected chi connectivity index (χ0v) is 20.5. The van der Waals surface area contributed by atoms with Crippen LogP contribution in [0.1, 0.15) is 27.7 Å². The van der Waals surface area contributed by atoms with Crippen LogP contribution < -0.4 is 14.4 Å². The van der Waals surface area contributed by atoms with Gasteiger partial charge in [-0.05, 0) is 54.4 Å². The number of furan rings is 1. The van der Waals surface area contributed by atoms with Gasteiger partial charge >= 0.3 is 0 Å². The number of benzene rings is 3. The fourth-order valence-corrected chi connectivity index (χ4v) is 4.55. The Labute approximate surface area is 212 Å². The Balaban J connectivity index is 1.66. The molecule has 5 rings (SSSR count). The van der Waals surface area contributed by atoms with E-state index in [-0.39, 0.29) is 11.3 Å². The molecule has 3 aromatic carbocycles. The van der Waals surface area contributed by atoms with Gasteiger partial charge in [0.25, 0.3) is 5.91 Å². The van der Waals surface area contributed by atoms with Crippen molar-refractivity contribution < 1.29 is 28.6 Å². The second-order valence-electron chi connectivity index (χ2n) is 8.37. The van der Waals surface area contributed by atoms with Crippen LogP contribution in [0, 0.1) is 6.92 Å². The van der Waals surface area contributed by atoms with Crippen LogP contribution in [0.25, 0.3) is 11.0 Å². The number of nitrogens with zero attached hydrogens (tertiary/aromatic N) is 1. The Morgan fingerprint density at radius 1 is 1.03 bits per heavy atom. The van der Waals surface area contributed by atoms with Crippen LogP contribution in [0.15, 0.2) is 82.5 Å². The molecule has 4 aromatic rings. The van der Waals surface area contributed by atoms with E-state index in [2.05, 4.69) is 0 Å². The van der Waals surface area contributed by atoms with Gasteiger partial charge in [0.1, 0.15) is 5.75 Å². The molecule has 1 aliphatic heterocycles. The standard InChI is InChI=1S/C28H22ClNO6/c1-15-7-10-18(14-20(15)29)30-24(16-8-11-19(34-2)12-9-16)23(26(32)28(30)33)25(31)22-13-17-5-4-6-21(35-3)27(17)36-22/h4-14,24,32H,1-3H3. The number of amides is 1. The first-order valence-corrected chi connectivity index (χ1v) is 11.5. The van der Waals surface area contributed by atoms with Crippen molar-refractivity contribution in [1.82, 2.24) is 0 Å². The summed E-state index contributed by atoms with van der Waals surface area (Å²) in [5.74, 6) is -0.919. The van der Waals surface area contributed by atoms with Gasteiger partial charge in [-0.1, -0.05) is 41.9 Å². The molecule has 2 heterocycles. The quantitative estimate of drug-likeness (QED) is 0.315. The van der Waals surface area contributed by atoms with Crippen LogP contribution >= 0.6 is 11.6 Å². The molecule has 0 spiro atoms. The van der Waals surface area contributed by atoms with Gasteiger partial charge in [-0.25, -0.2) is 0 Å². The third-order valence-corrected chi connectivity index (χ3v) is 6.68. The maximum Gasteiger partial charge on any atom is 0.294 e. The van der Waals surface area contributed by atoms with E-state index < -0.39 is 23.5 Å². The van der Waals surface area contributed by atoms with Gasteiger partial charge in [-0.3, -0.25) is 14.5 Å². The van der Waals surface area contributed by atoms with Gasteiger partial charge in [0, 0.05) is 16.1 Å². The minimum Gasteiger partial charge on any atom is -0.503 e. The number of halogens is 1. The number of ether oxygens (including phenoxy) is 2. The van der Waals surface area contributed by atoms with Crippen LogP contribution in [0.2, 0.25) is 5.02 Å². The summed E-state index contributed by atoms with van der Waals surface area (Å²) in [4.78, 5) is 28.5. The van der Waals surface area contributed by atoms with Crippen molar-refractivity contribution in [1.29, 1.82) is 0 Å². The first kappa shape index (κ1) is 23.5. The van der Waals surface area contributed by atoms with Crippen molar-refractivity contribution in [3.05, 3.63) is 100.0 Å². The molecule has 1 aliphatic rings. The summed E-state index contributed by atoms with van der Waals surface area (Å²) in [6.45, 7) is 1.85. The Bertz CT molecular complexity index is 1540. The Morgan fingerprint density at radius 3 is 2.44 bits per heavy atom. The lowest BCUT2D eigenvalue weighted by Gasteiger charge is -2.27. The summed E-state index contributed by atoms with van der Waals surface area (Å²) in [7, 11) is 3.05. The number of methoxy groups -OCH3 is 2. The summed E-state index contributed by atoms with van der Waals surface area (Å²) in [5.41, 5.74) is 2.17. The van der Waals surface area contributed by atoms with Gasteiger partial charge in [-0.15, -0.1) is 0 Å². The molecule has 1 unspecified atom stereocenters. The number of para-hydroxylation sites is 1. The molecular formula is C28H22ClNO6. The van der Waals surface area contributed by atoms with Crippen molar-refractivity contribution in [3.8, 4) is 11.5 Å². The number of Topliss-reactive ketones (excluding diaryl/α,β-unsaturated/α-hetero) is 1. The van der Waals surface area contributed by atoms with Crippen LogP contribution in [0.5, 0.6) is 11.5 Å². The number of aryl methyl sites for hydroxylation is 1. The molecule has 7 nitrogen and oxygen atoms in total. The molecule has 0 fully saturated rings. The van der Waals surface area contributed by atoms with E-state index >= 15 is 0 Å². The number of hydrogen-bond donors (Lipinski definition) is 1. The largest absolute Gasteiger partial charge is 0.503 e. The van der Waals surface area contributed by atoms with Crippen molar-refractivity contribution in [2.24, 2.45) is 0 Å². The highest BCUT2D eigenvalue weighted by Crippen LogP contribution is 2.43. The van der Waals surface area contributed by atoms with Gasteiger partial charge < -0.3 is 19.0 Å². The SMILES string of the molecule is COc1ccc(C2C(C(=O)c3cc4cccc(OC)c4o3)=C(O)C(=O)N2c2ccc(C)c(Cl)c2)cc1. The number of aliphatic hydroxyl groups is 1. The molecule has 1 aromatic heterocycles. The van der Waals surface area contributed by atoms with E-state index in [0.29, 0.717) is 38.7 Å². The summed E-state index contributed by atoms with van der Waals surface area (Å²) in [5, 5.41) is 12.1. The van der Waals surface area contributed by atoms with Crippen molar-refractivity contribution >= 4 is 39.9 Å². The fourth-order valence-electron chi connectivity index (χ4n) is 4.38. The first-order valence-electron chi connectivity index (χ1n) is 11.1. The molecule has 0 radical (unpaired) electrons. The molecule has 1 N–H and O–H groups in total. The van der Waals surface area contributed by atoms with E-state index in [1.54, 1.807) is 73.8 Å². The lowest BCUT2D eigenvalue weighted by molar-refractivity contribution is -0.117. The number of anilines is 1. The minimum absolute atomic E-state index is 0.0221. The molecule has 8 heteroatoms. The molecule has 0 saturated carbocycles. The topological polar surface area (TPSA) is 89.2 Å². The molecule has 0 aliphatic carbocycles. The molecule has 1 amide bonds. The summed E-state index contributed by atoms with van der Waals surface area (Å²) >= 11 is 6.35. The van der Waals surface area contributed by atoms with Gasteiger partial charge in [0.2, 0.25) is 5.78 Å². The molecule has 0 saturated heterocycles. The monoisotopic (exact) mass is 503 g/mol. The van der Waals surface area contributed by atoms with Gasteiger partial charge in [0.05, 0.1) is 25.8 Å². The predicted octanol–water partition coefficient (Wildman–Crippen LogP) is 6.19. The van der Waals surface area contributed by atoms with Crippen LogP contribution in [-0.2, 0) is 4.79 Å². The summed E-state index contributed by atoms with van der Waals surface area (Å²) in [6.07, 6.45) is 0. The molecule has 0 bridgehead atoms. The van der Waals surface area contributed by atoms with Crippen molar-refractivity contribution in [2.75, 3.05) is 19.1 Å². The number of carbonyl (C=O) groups excluding carboxylic acids is 2. The zero-order valence-electron chi connectivity index (χ0n) is 19.7. The smallest absolute Gasteiger partial charge is 0.294 e. The maximum absolute atomic E-state index is 13.8. The Hall–Kier alpha value is -4.23. The van der Waals surface area contributed by atoms with E-state index in [9.17, 15) is 14.7 Å². The van der Waals surface area contributed by atoms with Gasteiger partial charge in [0.15, 0.2) is 22.9 Å². The van der Waals surface area contributed by atoms with E-state index in [1.807, 2.05) is 6.92 Å². The molecule has 182 valence electrons. The number of fused-ring (bicyclic) bond motifs is 1. The molecular weight excluding hydrogens is 482 g/mol. The average molecular weight is 504 g/mol. The number of carbonyl (C=O) groups is 2. The highest BCUT2D eigenvalue weighted by atomic mass is 35.5. The van der Waals surface area contributed by atoms with Crippen LogP contribution in [-0.4, -0.2) is 31.0 Å². The summed E-state index contributed by atoms with van der Waals surface area (Å²) < 4.78 is 16.5. The average Bonchev–Trinajstić information content (AvgIpc) is 3.44. The second kappa shape index (κ2) is 9.09. The zero-order chi connectivity index (χ0) is 25.6. The van der Waals surface area contributed by atoms with Crippen LogP contribution in [0.3, 0.4) is 0 Å². The maximum atomic E-state index is 13.8. The molecule has 36 heavy (non-hydrogen) atoms. The molecule has 1 atom stereocenters. The lowest BCUT2D eigenvalue weighted by atomic mass is 9.94. The highest BCUT2D eigenvalue weighted by Gasteiger charge is 2.45. The van der Waals surface area contributed by atoms with E-state index in [0.717, 1.165) is 5.56 Å². The van der Waals surface area contributed by atoms with Gasteiger partial charge in [-0.2, -0.15) is 0 Å². The van der Waals surface area contributed by atoms with Crippen molar-refractivity contribution in [2.45, 2.75) is 13.0 Å². The number of ketones is 1. The minimum atomic E-state index is -0.926. The summed E-state index contributed by atoms with van der Waals surface area (Å²) in [6, 6.07) is 18.0. The predicted molar refractivity (Wildman–Crippen MR) is 136 cm³/mol. The number of aliphatic hydroxyl groups excluding tert-OH is 1. The number of rotatable bonds is 6. The number of hydrogen-bond acceptors (Lipinski definition) is 6. The van der Waals surface area contributed by atoms with Crippen LogP contribution in [0.4, 0.5) is 5.69 Å². The Morgan fingerprint density at radius 2 is 1.78 bits per heavy atom. The van der Waals surface area contributed by atoms with E-state index in [4.69, 9.17) is 25.5 Å². The normalized spacial score (nSPS) is 15.6. The fraction of sp³-hybridized carbons (Fsp3) is 0.143.